The van der Waals surface area contributed by atoms with E-state index >= 15 is 0 Å². The van der Waals surface area contributed by atoms with Gasteiger partial charge in [-0.05, 0) is 43.4 Å². The maximum Gasteiger partial charge on any atom is 0.268 e. The quantitative estimate of drug-likeness (QED) is 0.781. The van der Waals surface area contributed by atoms with Crippen molar-refractivity contribution in [1.82, 2.24) is 14.1 Å². The molecule has 24 heavy (non-hydrogen) atoms. The van der Waals surface area contributed by atoms with Crippen LogP contribution in [0.15, 0.2) is 17.2 Å². The maximum atomic E-state index is 13.4. The van der Waals surface area contributed by atoms with E-state index in [-0.39, 0.29) is 10.7 Å². The van der Waals surface area contributed by atoms with Crippen LogP contribution in [0.4, 0.5) is 8.78 Å². The predicted octanol–water partition coefficient (Wildman–Crippen LogP) is 2.50. The molecule has 2 fully saturated rings. The average molecular weight is 357 g/mol. The summed E-state index contributed by atoms with van der Waals surface area (Å²) >= 11 is 0. The van der Waals surface area contributed by atoms with E-state index in [1.807, 2.05) is 0 Å². The van der Waals surface area contributed by atoms with Crippen molar-refractivity contribution < 1.29 is 17.2 Å². The summed E-state index contributed by atoms with van der Waals surface area (Å²) in [5.41, 5.74) is -0.391. The number of rotatable bonds is 3. The molecule has 4 unspecified atom stereocenters. The van der Waals surface area contributed by atoms with Gasteiger partial charge in [0.1, 0.15) is 0 Å². The van der Waals surface area contributed by atoms with E-state index < -0.39 is 22.0 Å². The van der Waals surface area contributed by atoms with Crippen LogP contribution < -0.4 is 0 Å². The summed E-state index contributed by atoms with van der Waals surface area (Å²) in [6.07, 6.45) is 3.77. The van der Waals surface area contributed by atoms with Crippen LogP contribution in [0.1, 0.15) is 30.5 Å². The monoisotopic (exact) mass is 357 g/mol. The number of fused-ring (bicyclic) bond motifs is 1. The van der Waals surface area contributed by atoms with Crippen LogP contribution in [-0.2, 0) is 17.1 Å². The lowest BCUT2D eigenvalue weighted by atomic mass is 9.64. The third-order valence-electron chi connectivity index (χ3n) is 5.93. The summed E-state index contributed by atoms with van der Waals surface area (Å²) in [5, 5.41) is 3.57. The number of nitrogens with zero attached hydrogens (tertiary/aromatic N) is 3. The van der Waals surface area contributed by atoms with Crippen molar-refractivity contribution in [1.29, 1.82) is 0 Å². The summed E-state index contributed by atoms with van der Waals surface area (Å²) in [6.45, 7) is 2.27. The van der Waals surface area contributed by atoms with E-state index in [1.165, 1.54) is 18.3 Å². The Kier molecular flexibility index (Phi) is 3.62. The SMILES string of the molecule is Cc1nn(C)c(S(=O)(=O)N2CC3C4C=CC(CC4)C3C2)c1C(F)F. The number of alkyl halides is 2. The number of allylic oxidation sites excluding steroid dienone is 2. The first-order chi connectivity index (χ1) is 11.3. The van der Waals surface area contributed by atoms with Crippen LogP contribution in [0, 0.1) is 30.6 Å². The van der Waals surface area contributed by atoms with Crippen molar-refractivity contribution in [2.75, 3.05) is 13.1 Å². The molecular formula is C16H21F2N3O2S. The van der Waals surface area contributed by atoms with Crippen molar-refractivity contribution >= 4 is 10.0 Å². The minimum Gasteiger partial charge on any atom is -0.255 e. The van der Waals surface area contributed by atoms with E-state index in [0.29, 0.717) is 36.8 Å². The van der Waals surface area contributed by atoms with Crippen LogP contribution >= 0.6 is 0 Å². The van der Waals surface area contributed by atoms with Gasteiger partial charge in [0.15, 0.2) is 5.03 Å². The molecule has 3 aliphatic carbocycles. The summed E-state index contributed by atoms with van der Waals surface area (Å²) < 4.78 is 55.5. The van der Waals surface area contributed by atoms with Crippen LogP contribution in [-0.4, -0.2) is 35.6 Å². The zero-order chi connectivity index (χ0) is 17.2. The molecule has 0 amide bonds. The van der Waals surface area contributed by atoms with Gasteiger partial charge in [0.2, 0.25) is 0 Å². The summed E-state index contributed by atoms with van der Waals surface area (Å²) in [4.78, 5) is 0. The molecule has 5 rings (SSSR count). The Hall–Kier alpha value is -1.28. The normalized spacial score (nSPS) is 32.7. The summed E-state index contributed by atoms with van der Waals surface area (Å²) in [7, 11) is -2.56. The zero-order valence-electron chi connectivity index (χ0n) is 13.7. The first kappa shape index (κ1) is 16.2. The highest BCUT2D eigenvalue weighted by Gasteiger charge is 2.50. The summed E-state index contributed by atoms with van der Waals surface area (Å²) in [5.74, 6) is 1.46. The van der Waals surface area contributed by atoms with Gasteiger partial charge in [0, 0.05) is 20.1 Å². The number of sulfonamides is 1. The Morgan fingerprint density at radius 1 is 1.17 bits per heavy atom. The molecule has 0 N–H and O–H groups in total. The lowest BCUT2D eigenvalue weighted by Crippen LogP contribution is -2.35. The fourth-order valence-electron chi connectivity index (χ4n) is 4.83. The van der Waals surface area contributed by atoms with Crippen molar-refractivity contribution in [3.8, 4) is 0 Å². The molecule has 2 bridgehead atoms. The third-order valence-corrected chi connectivity index (χ3v) is 7.88. The molecule has 5 nitrogen and oxygen atoms in total. The minimum absolute atomic E-state index is 0.0735. The highest BCUT2D eigenvalue weighted by Crippen LogP contribution is 2.49. The Balaban J connectivity index is 1.71. The fraction of sp³-hybridized carbons (Fsp3) is 0.688. The van der Waals surface area contributed by atoms with E-state index in [2.05, 4.69) is 17.3 Å². The predicted molar refractivity (Wildman–Crippen MR) is 84.0 cm³/mol. The highest BCUT2D eigenvalue weighted by molar-refractivity contribution is 7.89. The lowest BCUT2D eigenvalue weighted by molar-refractivity contribution is 0.146. The van der Waals surface area contributed by atoms with Crippen molar-refractivity contribution in [3.05, 3.63) is 23.4 Å². The Labute approximate surface area is 140 Å². The zero-order valence-corrected chi connectivity index (χ0v) is 14.5. The molecule has 4 atom stereocenters. The van der Waals surface area contributed by atoms with Crippen molar-refractivity contribution in [2.24, 2.45) is 30.7 Å². The van der Waals surface area contributed by atoms with E-state index in [0.717, 1.165) is 17.5 Å². The summed E-state index contributed by atoms with van der Waals surface area (Å²) in [6, 6.07) is 0. The van der Waals surface area contributed by atoms with Gasteiger partial charge in [-0.2, -0.15) is 9.40 Å². The average Bonchev–Trinajstić information content (AvgIpc) is 3.11. The van der Waals surface area contributed by atoms with Gasteiger partial charge in [0.25, 0.3) is 16.4 Å². The van der Waals surface area contributed by atoms with Crippen molar-refractivity contribution in [3.63, 3.8) is 0 Å². The Bertz CT molecular complexity index is 780. The van der Waals surface area contributed by atoms with E-state index in [4.69, 9.17) is 0 Å². The van der Waals surface area contributed by atoms with Gasteiger partial charge in [0.05, 0.1) is 11.3 Å². The first-order valence-corrected chi connectivity index (χ1v) is 9.75. The van der Waals surface area contributed by atoms with Crippen LogP contribution in [0.25, 0.3) is 0 Å². The van der Waals surface area contributed by atoms with Crippen LogP contribution in [0.2, 0.25) is 0 Å². The van der Waals surface area contributed by atoms with Crippen LogP contribution in [0.5, 0.6) is 0 Å². The second kappa shape index (κ2) is 5.36. The molecule has 0 aromatic carbocycles. The number of aryl methyl sites for hydroxylation is 2. The van der Waals surface area contributed by atoms with Gasteiger partial charge < -0.3 is 0 Å². The largest absolute Gasteiger partial charge is 0.268 e. The molecule has 1 aliphatic heterocycles. The first-order valence-electron chi connectivity index (χ1n) is 8.31. The maximum absolute atomic E-state index is 13.4. The molecule has 0 radical (unpaired) electrons. The molecule has 132 valence electrons. The molecular weight excluding hydrogens is 336 g/mol. The second-order valence-corrected chi connectivity index (χ2v) is 9.02. The van der Waals surface area contributed by atoms with Gasteiger partial charge in [-0.3, -0.25) is 4.68 Å². The van der Waals surface area contributed by atoms with E-state index in [9.17, 15) is 17.2 Å². The second-order valence-electron chi connectivity index (χ2n) is 7.17. The number of hydrogen-bond acceptors (Lipinski definition) is 3. The fourth-order valence-corrected chi connectivity index (χ4v) is 6.70. The topological polar surface area (TPSA) is 55.2 Å². The number of aromatic nitrogens is 2. The Morgan fingerprint density at radius 2 is 1.71 bits per heavy atom. The molecule has 2 heterocycles. The molecule has 1 aromatic rings. The Morgan fingerprint density at radius 3 is 2.17 bits per heavy atom. The van der Waals surface area contributed by atoms with Gasteiger partial charge in [-0.15, -0.1) is 0 Å². The standard InChI is InChI=1S/C16H21F2N3O2S/c1-9-14(15(17)18)16(20(2)19-9)24(22,23)21-7-12-10-3-4-11(6-5-10)13(12)8-21/h3-4,10-13,15H,5-8H2,1-2H3. The molecule has 4 aliphatic rings. The van der Waals surface area contributed by atoms with Crippen LogP contribution in [0.3, 0.4) is 0 Å². The molecule has 0 spiro atoms. The van der Waals surface area contributed by atoms with Crippen molar-refractivity contribution in [2.45, 2.75) is 31.2 Å². The molecule has 1 saturated carbocycles. The molecule has 1 saturated heterocycles. The molecule has 8 heteroatoms. The smallest absolute Gasteiger partial charge is 0.255 e. The van der Waals surface area contributed by atoms with Gasteiger partial charge in [-0.25, -0.2) is 17.2 Å². The number of halogens is 2. The molecule has 1 aromatic heterocycles. The highest BCUT2D eigenvalue weighted by atomic mass is 32.2. The number of hydrogen-bond donors (Lipinski definition) is 0. The minimum atomic E-state index is -3.98. The van der Waals surface area contributed by atoms with E-state index in [1.54, 1.807) is 0 Å². The lowest BCUT2D eigenvalue weighted by Gasteiger charge is -2.40. The van der Waals surface area contributed by atoms with Gasteiger partial charge >= 0.3 is 0 Å². The van der Waals surface area contributed by atoms with Gasteiger partial charge in [-0.1, -0.05) is 12.2 Å². The third kappa shape index (κ3) is 2.19.